The van der Waals surface area contributed by atoms with Gasteiger partial charge < -0.3 is 15.1 Å². The lowest BCUT2D eigenvalue weighted by atomic mass is 10.0. The van der Waals surface area contributed by atoms with Crippen LogP contribution < -0.4 is 5.32 Å². The number of carbonyl (C=O) groups excluding carboxylic acids is 3. The highest BCUT2D eigenvalue weighted by Crippen LogP contribution is 2.25. The molecule has 1 aliphatic heterocycles. The number of carbonyl (C=O) groups is 3. The summed E-state index contributed by atoms with van der Waals surface area (Å²) in [5, 5.41) is 2.78. The van der Waals surface area contributed by atoms with Crippen LogP contribution in [-0.4, -0.2) is 47.2 Å². The Hall–Kier alpha value is -3.15. The third kappa shape index (κ3) is 5.47. The van der Waals surface area contributed by atoms with Crippen LogP contribution >= 0.6 is 0 Å². The van der Waals surface area contributed by atoms with E-state index in [1.165, 1.54) is 0 Å². The fraction of sp³-hybridized carbons (Fsp3) is 0.375. The maximum absolute atomic E-state index is 13.1. The lowest BCUT2D eigenvalue weighted by molar-refractivity contribution is -0.143. The number of nitrogens with one attached hydrogen (secondary N) is 1. The second kappa shape index (κ2) is 10.6. The van der Waals surface area contributed by atoms with Crippen LogP contribution in [0.1, 0.15) is 43.4 Å². The maximum Gasteiger partial charge on any atom is 0.247 e. The fourth-order valence-electron chi connectivity index (χ4n) is 3.76. The Balaban J connectivity index is 1.67. The van der Waals surface area contributed by atoms with Gasteiger partial charge in [-0.15, -0.1) is 0 Å². The summed E-state index contributed by atoms with van der Waals surface area (Å²) >= 11 is 0. The van der Waals surface area contributed by atoms with Crippen molar-refractivity contribution in [3.8, 4) is 0 Å². The summed E-state index contributed by atoms with van der Waals surface area (Å²) in [7, 11) is 0. The maximum atomic E-state index is 13.1. The normalized spacial score (nSPS) is 14.8. The van der Waals surface area contributed by atoms with Gasteiger partial charge in [-0.1, -0.05) is 60.7 Å². The molecular formula is C24H29N3O3. The number of piperidine rings is 1. The smallest absolute Gasteiger partial charge is 0.247 e. The Morgan fingerprint density at radius 3 is 2.33 bits per heavy atom. The van der Waals surface area contributed by atoms with E-state index >= 15 is 0 Å². The summed E-state index contributed by atoms with van der Waals surface area (Å²) in [5.74, 6) is -0.483. The molecular weight excluding hydrogens is 378 g/mol. The molecule has 30 heavy (non-hydrogen) atoms. The minimum atomic E-state index is -0.712. The zero-order valence-electron chi connectivity index (χ0n) is 17.4. The molecule has 1 fully saturated rings. The first-order valence-corrected chi connectivity index (χ1v) is 10.5. The number of amides is 3. The highest BCUT2D eigenvalue weighted by Gasteiger charge is 2.32. The van der Waals surface area contributed by atoms with Gasteiger partial charge in [0.25, 0.3) is 0 Å². The lowest BCUT2D eigenvalue weighted by Crippen LogP contribution is -2.48. The topological polar surface area (TPSA) is 69.7 Å². The molecule has 3 rings (SSSR count). The molecule has 1 saturated heterocycles. The van der Waals surface area contributed by atoms with Gasteiger partial charge in [0, 0.05) is 26.1 Å². The Labute approximate surface area is 177 Å². The molecule has 0 bridgehead atoms. The minimum Gasteiger partial charge on any atom is -0.345 e. The highest BCUT2D eigenvalue weighted by molar-refractivity contribution is 5.91. The van der Waals surface area contributed by atoms with Crippen LogP contribution in [0, 0.1) is 0 Å². The zero-order chi connectivity index (χ0) is 21.3. The van der Waals surface area contributed by atoms with E-state index < -0.39 is 6.04 Å². The monoisotopic (exact) mass is 407 g/mol. The van der Waals surface area contributed by atoms with Gasteiger partial charge in [-0.25, -0.2) is 0 Å². The van der Waals surface area contributed by atoms with E-state index in [0.29, 0.717) is 26.1 Å². The zero-order valence-corrected chi connectivity index (χ0v) is 17.4. The molecule has 6 heteroatoms. The molecule has 1 heterocycles. The van der Waals surface area contributed by atoms with Gasteiger partial charge in [-0.05, 0) is 30.9 Å². The van der Waals surface area contributed by atoms with Crippen LogP contribution in [0.15, 0.2) is 60.7 Å². The molecule has 1 atom stereocenters. The molecule has 1 N–H and O–H groups in total. The van der Waals surface area contributed by atoms with Crippen molar-refractivity contribution in [1.82, 2.24) is 15.1 Å². The van der Waals surface area contributed by atoms with E-state index in [4.69, 9.17) is 0 Å². The average molecular weight is 408 g/mol. The average Bonchev–Trinajstić information content (AvgIpc) is 2.78. The van der Waals surface area contributed by atoms with Gasteiger partial charge in [0.2, 0.25) is 17.7 Å². The van der Waals surface area contributed by atoms with Crippen molar-refractivity contribution in [2.45, 2.75) is 38.8 Å². The van der Waals surface area contributed by atoms with Gasteiger partial charge in [0.1, 0.15) is 6.04 Å². The largest absolute Gasteiger partial charge is 0.345 e. The van der Waals surface area contributed by atoms with E-state index in [1.807, 2.05) is 67.6 Å². The molecule has 0 aliphatic carbocycles. The Kier molecular flexibility index (Phi) is 7.60. The first-order valence-electron chi connectivity index (χ1n) is 10.5. The number of likely N-dealkylation sites (tertiary alicyclic amines) is 1. The van der Waals surface area contributed by atoms with Crippen LogP contribution in [0.4, 0.5) is 0 Å². The molecule has 0 spiro atoms. The molecule has 1 aliphatic rings. The standard InChI is InChI=1S/C24H29N3O3/c1-2-26(18-19-11-5-3-6-12-19)22(29)17-25-24(30)23(20-13-7-4-8-14-20)27-16-10-9-15-21(27)28/h3-8,11-14,23H,2,9-10,15-18H2,1H3,(H,25,30). The lowest BCUT2D eigenvalue weighted by Gasteiger charge is -2.34. The van der Waals surface area contributed by atoms with E-state index in [9.17, 15) is 14.4 Å². The third-order valence-electron chi connectivity index (χ3n) is 5.40. The summed E-state index contributed by atoms with van der Waals surface area (Å²) in [5.41, 5.74) is 1.80. The minimum absolute atomic E-state index is 0.0177. The van der Waals surface area contributed by atoms with Crippen LogP contribution in [-0.2, 0) is 20.9 Å². The molecule has 2 aromatic rings. The second-order valence-electron chi connectivity index (χ2n) is 7.47. The molecule has 6 nitrogen and oxygen atoms in total. The van der Waals surface area contributed by atoms with Crippen molar-refractivity contribution in [3.63, 3.8) is 0 Å². The number of hydrogen-bond donors (Lipinski definition) is 1. The Morgan fingerprint density at radius 1 is 1.03 bits per heavy atom. The first-order chi connectivity index (χ1) is 14.6. The quantitative estimate of drug-likeness (QED) is 0.732. The van der Waals surface area contributed by atoms with Crippen molar-refractivity contribution in [3.05, 3.63) is 71.8 Å². The Morgan fingerprint density at radius 2 is 1.70 bits per heavy atom. The van der Waals surface area contributed by atoms with E-state index in [-0.39, 0.29) is 24.3 Å². The van der Waals surface area contributed by atoms with Gasteiger partial charge in [0.05, 0.1) is 6.54 Å². The summed E-state index contributed by atoms with van der Waals surface area (Å²) in [6.07, 6.45) is 2.18. The molecule has 1 unspecified atom stereocenters. The molecule has 3 amide bonds. The van der Waals surface area contributed by atoms with Crippen molar-refractivity contribution >= 4 is 17.7 Å². The van der Waals surface area contributed by atoms with Crippen molar-refractivity contribution in [2.24, 2.45) is 0 Å². The van der Waals surface area contributed by atoms with Crippen LogP contribution in [0.5, 0.6) is 0 Å². The van der Waals surface area contributed by atoms with Gasteiger partial charge >= 0.3 is 0 Å². The number of nitrogens with zero attached hydrogens (tertiary/aromatic N) is 2. The van der Waals surface area contributed by atoms with Crippen molar-refractivity contribution in [1.29, 1.82) is 0 Å². The molecule has 2 aromatic carbocycles. The van der Waals surface area contributed by atoms with Gasteiger partial charge in [0.15, 0.2) is 0 Å². The van der Waals surface area contributed by atoms with E-state index in [1.54, 1.807) is 9.80 Å². The summed E-state index contributed by atoms with van der Waals surface area (Å²) in [6, 6.07) is 18.3. The summed E-state index contributed by atoms with van der Waals surface area (Å²) < 4.78 is 0. The number of hydrogen-bond acceptors (Lipinski definition) is 3. The predicted octanol–water partition coefficient (Wildman–Crippen LogP) is 2.91. The fourth-order valence-corrected chi connectivity index (χ4v) is 3.76. The van der Waals surface area contributed by atoms with E-state index in [0.717, 1.165) is 24.0 Å². The predicted molar refractivity (Wildman–Crippen MR) is 115 cm³/mol. The summed E-state index contributed by atoms with van der Waals surface area (Å²) in [6.45, 7) is 3.43. The van der Waals surface area contributed by atoms with Crippen molar-refractivity contribution < 1.29 is 14.4 Å². The summed E-state index contributed by atoms with van der Waals surface area (Å²) in [4.78, 5) is 41.6. The van der Waals surface area contributed by atoms with Crippen LogP contribution in [0.3, 0.4) is 0 Å². The Bertz CT molecular complexity index is 855. The third-order valence-corrected chi connectivity index (χ3v) is 5.40. The number of benzene rings is 2. The molecule has 0 radical (unpaired) electrons. The molecule has 158 valence electrons. The SMILES string of the molecule is CCN(Cc1ccccc1)C(=O)CNC(=O)C(c1ccccc1)N1CCCCC1=O. The molecule has 0 aromatic heterocycles. The van der Waals surface area contributed by atoms with E-state index in [2.05, 4.69) is 5.32 Å². The second-order valence-corrected chi connectivity index (χ2v) is 7.47. The van der Waals surface area contributed by atoms with Gasteiger partial charge in [-0.2, -0.15) is 0 Å². The van der Waals surface area contributed by atoms with Crippen molar-refractivity contribution in [2.75, 3.05) is 19.6 Å². The first kappa shape index (κ1) is 21.6. The van der Waals surface area contributed by atoms with Gasteiger partial charge in [-0.3, -0.25) is 14.4 Å². The van der Waals surface area contributed by atoms with Crippen LogP contribution in [0.2, 0.25) is 0 Å². The molecule has 0 saturated carbocycles. The number of likely N-dealkylation sites (N-methyl/N-ethyl adjacent to an activating group) is 1. The number of rotatable bonds is 8. The van der Waals surface area contributed by atoms with Crippen LogP contribution in [0.25, 0.3) is 0 Å². The highest BCUT2D eigenvalue weighted by atomic mass is 16.2.